The van der Waals surface area contributed by atoms with E-state index in [1.165, 1.54) is 12.1 Å². The van der Waals surface area contributed by atoms with Crippen LogP contribution >= 0.6 is 12.2 Å². The number of nitrogens with one attached hydrogen (secondary N) is 3. The second-order valence-corrected chi connectivity index (χ2v) is 8.34. The first-order valence-corrected chi connectivity index (χ1v) is 11.2. The van der Waals surface area contributed by atoms with E-state index in [1.807, 2.05) is 6.92 Å². The van der Waals surface area contributed by atoms with Crippen molar-refractivity contribution < 1.29 is 22.7 Å². The Labute approximate surface area is 182 Å². The number of benzene rings is 2. The highest BCUT2D eigenvalue weighted by atomic mass is 32.2. The summed E-state index contributed by atoms with van der Waals surface area (Å²) in [7, 11) is -1.98. The summed E-state index contributed by atoms with van der Waals surface area (Å²) in [5.41, 5.74) is 0.876. The molecule has 0 heterocycles. The van der Waals surface area contributed by atoms with Crippen LogP contribution in [-0.2, 0) is 14.8 Å². The molecule has 30 heavy (non-hydrogen) atoms. The zero-order valence-electron chi connectivity index (χ0n) is 16.8. The molecule has 1 amide bonds. The maximum absolute atomic E-state index is 12.5. The lowest BCUT2D eigenvalue weighted by atomic mass is 10.2. The van der Waals surface area contributed by atoms with Crippen molar-refractivity contribution in [2.45, 2.75) is 18.2 Å². The van der Waals surface area contributed by atoms with Crippen LogP contribution in [0.3, 0.4) is 0 Å². The molecule has 0 bridgehead atoms. The van der Waals surface area contributed by atoms with Crippen molar-refractivity contribution >= 4 is 38.9 Å². The normalized spacial score (nSPS) is 11.0. The van der Waals surface area contributed by atoms with Crippen LogP contribution in [0.15, 0.2) is 53.4 Å². The molecule has 162 valence electrons. The van der Waals surface area contributed by atoms with E-state index in [1.54, 1.807) is 43.5 Å². The molecule has 0 aliphatic rings. The van der Waals surface area contributed by atoms with Crippen molar-refractivity contribution in [1.82, 2.24) is 10.0 Å². The van der Waals surface area contributed by atoms with Gasteiger partial charge in [-0.05, 0) is 55.0 Å². The Balaban J connectivity index is 1.98. The molecule has 2 aromatic rings. The largest absolute Gasteiger partial charge is 0.490 e. The van der Waals surface area contributed by atoms with Gasteiger partial charge in [0.1, 0.15) is 12.4 Å². The smallest absolute Gasteiger partial charge is 0.261 e. The summed E-state index contributed by atoms with van der Waals surface area (Å²) in [5, 5.41) is 5.52. The highest BCUT2D eigenvalue weighted by Gasteiger charge is 2.15. The number of para-hydroxylation sites is 1. The zero-order chi connectivity index (χ0) is 22.0. The van der Waals surface area contributed by atoms with Crippen LogP contribution in [0.4, 0.5) is 5.69 Å². The quantitative estimate of drug-likeness (QED) is 0.376. The molecule has 2 rings (SSSR count). The summed E-state index contributed by atoms with van der Waals surface area (Å²) in [6.45, 7) is 2.96. The van der Waals surface area contributed by atoms with Crippen molar-refractivity contribution in [3.8, 4) is 5.75 Å². The number of methoxy groups -OCH3 is 1. The molecule has 0 aromatic heterocycles. The van der Waals surface area contributed by atoms with Gasteiger partial charge < -0.3 is 14.8 Å². The average molecular weight is 452 g/mol. The summed E-state index contributed by atoms with van der Waals surface area (Å²) in [6, 6.07) is 12.9. The summed E-state index contributed by atoms with van der Waals surface area (Å²) in [5.74, 6) is -0.00697. The van der Waals surface area contributed by atoms with Crippen LogP contribution in [-0.4, -0.2) is 46.3 Å². The predicted molar refractivity (Wildman–Crippen MR) is 119 cm³/mol. The van der Waals surface area contributed by atoms with Gasteiger partial charge in [0.25, 0.3) is 5.91 Å². The Kier molecular flexibility index (Phi) is 9.18. The van der Waals surface area contributed by atoms with E-state index in [0.717, 1.165) is 0 Å². The second kappa shape index (κ2) is 11.6. The molecule has 8 nitrogen and oxygen atoms in total. The first-order valence-electron chi connectivity index (χ1n) is 9.30. The minimum Gasteiger partial charge on any atom is -0.490 e. The van der Waals surface area contributed by atoms with Gasteiger partial charge in [-0.25, -0.2) is 13.1 Å². The minimum atomic E-state index is -3.54. The molecule has 3 N–H and O–H groups in total. The molecule has 0 aliphatic carbocycles. The molecular weight excluding hydrogens is 426 g/mol. The first-order chi connectivity index (χ1) is 14.4. The van der Waals surface area contributed by atoms with Crippen LogP contribution in [0.25, 0.3) is 0 Å². The van der Waals surface area contributed by atoms with Crippen LogP contribution in [0.1, 0.15) is 23.7 Å². The van der Waals surface area contributed by atoms with Gasteiger partial charge in [0.05, 0.1) is 17.1 Å². The molecular formula is C20H25N3O5S2. The number of carbonyl (C=O) groups excluding carboxylic acids is 1. The van der Waals surface area contributed by atoms with Crippen molar-refractivity contribution in [2.24, 2.45) is 0 Å². The number of thiocarbonyl (C=S) groups is 1. The van der Waals surface area contributed by atoms with Gasteiger partial charge in [0, 0.05) is 19.3 Å². The minimum absolute atomic E-state index is 0.0754. The Morgan fingerprint density at radius 2 is 1.77 bits per heavy atom. The molecule has 2 aromatic carbocycles. The van der Waals surface area contributed by atoms with Gasteiger partial charge in [-0.15, -0.1) is 0 Å². The van der Waals surface area contributed by atoms with Gasteiger partial charge in [-0.3, -0.25) is 10.1 Å². The standard InChI is InChI=1S/C20H25N3O5S2/c1-3-12-21-30(25,26)16-10-8-15(9-11-16)22-20(29)23-19(24)17-6-4-5-7-18(17)28-14-13-27-2/h4-11,21H,3,12-14H2,1-2H3,(H2,22,23,24,29). The Bertz CT molecular complexity index is 963. The van der Waals surface area contributed by atoms with Gasteiger partial charge in [0.15, 0.2) is 5.11 Å². The van der Waals surface area contributed by atoms with Gasteiger partial charge >= 0.3 is 0 Å². The first kappa shape index (κ1) is 23.7. The van der Waals surface area contributed by atoms with Crippen molar-refractivity contribution in [3.05, 3.63) is 54.1 Å². The highest BCUT2D eigenvalue weighted by molar-refractivity contribution is 7.89. The summed E-state index contributed by atoms with van der Waals surface area (Å²) in [6.07, 6.45) is 0.702. The third-order valence-electron chi connectivity index (χ3n) is 3.87. The van der Waals surface area contributed by atoms with Crippen LogP contribution < -0.4 is 20.1 Å². The average Bonchev–Trinajstić information content (AvgIpc) is 2.73. The highest BCUT2D eigenvalue weighted by Crippen LogP contribution is 2.18. The summed E-state index contributed by atoms with van der Waals surface area (Å²) < 4.78 is 37.2. The zero-order valence-corrected chi connectivity index (χ0v) is 18.4. The predicted octanol–water partition coefficient (Wildman–Crippen LogP) is 2.53. The van der Waals surface area contributed by atoms with Crippen molar-refractivity contribution in [2.75, 3.05) is 32.2 Å². The number of anilines is 1. The van der Waals surface area contributed by atoms with E-state index >= 15 is 0 Å². The van der Waals surface area contributed by atoms with Crippen molar-refractivity contribution in [3.63, 3.8) is 0 Å². The number of amides is 1. The molecule has 0 saturated carbocycles. The van der Waals surface area contributed by atoms with E-state index in [-0.39, 0.29) is 10.0 Å². The molecule has 0 unspecified atom stereocenters. The topological polar surface area (TPSA) is 106 Å². The van der Waals surface area contributed by atoms with Gasteiger partial charge in [-0.1, -0.05) is 19.1 Å². The maximum Gasteiger partial charge on any atom is 0.261 e. The van der Waals surface area contributed by atoms with E-state index in [0.29, 0.717) is 43.2 Å². The fourth-order valence-corrected chi connectivity index (χ4v) is 3.73. The monoisotopic (exact) mass is 451 g/mol. The second-order valence-electron chi connectivity index (χ2n) is 6.17. The lowest BCUT2D eigenvalue weighted by Crippen LogP contribution is -2.34. The maximum atomic E-state index is 12.5. The molecule has 0 atom stereocenters. The van der Waals surface area contributed by atoms with Gasteiger partial charge in [-0.2, -0.15) is 0 Å². The molecule has 10 heteroatoms. The molecule has 0 fully saturated rings. The van der Waals surface area contributed by atoms with Crippen LogP contribution in [0.5, 0.6) is 5.75 Å². The third-order valence-corrected chi connectivity index (χ3v) is 5.55. The summed E-state index contributed by atoms with van der Waals surface area (Å²) in [4.78, 5) is 12.7. The molecule has 0 aliphatic heterocycles. The fourth-order valence-electron chi connectivity index (χ4n) is 2.39. The van der Waals surface area contributed by atoms with Crippen LogP contribution in [0, 0.1) is 0 Å². The lowest BCUT2D eigenvalue weighted by Gasteiger charge is -2.13. The Hall–Kier alpha value is -2.53. The number of hydrogen-bond donors (Lipinski definition) is 3. The Morgan fingerprint density at radius 1 is 1.07 bits per heavy atom. The number of hydrogen-bond acceptors (Lipinski definition) is 6. The van der Waals surface area contributed by atoms with E-state index in [4.69, 9.17) is 21.7 Å². The Morgan fingerprint density at radius 3 is 2.43 bits per heavy atom. The van der Waals surface area contributed by atoms with Gasteiger partial charge in [0.2, 0.25) is 10.0 Å². The van der Waals surface area contributed by atoms with E-state index in [9.17, 15) is 13.2 Å². The SMILES string of the molecule is CCCNS(=O)(=O)c1ccc(NC(=S)NC(=O)c2ccccc2OCCOC)cc1. The lowest BCUT2D eigenvalue weighted by molar-refractivity contribution is 0.0970. The molecule has 0 saturated heterocycles. The number of sulfonamides is 1. The van der Waals surface area contributed by atoms with Crippen molar-refractivity contribution in [1.29, 1.82) is 0 Å². The number of carbonyl (C=O) groups is 1. The number of ether oxygens (including phenoxy) is 2. The summed E-state index contributed by atoms with van der Waals surface area (Å²) >= 11 is 5.19. The van der Waals surface area contributed by atoms with Crippen LogP contribution in [0.2, 0.25) is 0 Å². The number of rotatable bonds is 10. The van der Waals surface area contributed by atoms with E-state index < -0.39 is 15.9 Å². The molecule has 0 spiro atoms. The van der Waals surface area contributed by atoms with E-state index in [2.05, 4.69) is 15.4 Å². The molecule has 0 radical (unpaired) electrons. The third kappa shape index (κ3) is 7.06. The fraction of sp³-hybridized carbons (Fsp3) is 0.300.